The minimum Gasteiger partial charge on any atom is -0.343 e. The van der Waals surface area contributed by atoms with Crippen LogP contribution >= 0.6 is 0 Å². The quantitative estimate of drug-likeness (QED) is 0.433. The lowest BCUT2D eigenvalue weighted by Crippen LogP contribution is -2.19. The molecule has 1 heterocycles. The monoisotopic (exact) mass is 500 g/mol. The summed E-state index contributed by atoms with van der Waals surface area (Å²) >= 11 is 0. The van der Waals surface area contributed by atoms with Crippen LogP contribution in [0, 0.1) is 25.6 Å². The molecule has 1 unspecified atom stereocenters. The van der Waals surface area contributed by atoms with E-state index in [4.69, 9.17) is 0 Å². The van der Waals surface area contributed by atoms with Gasteiger partial charge in [0.05, 0.1) is 23.4 Å². The van der Waals surface area contributed by atoms with Gasteiger partial charge >= 0.3 is 0 Å². The first-order valence-electron chi connectivity index (χ1n) is 12.6. The lowest BCUT2D eigenvalue weighted by molar-refractivity contribution is 0.555. The second-order valence-electron chi connectivity index (χ2n) is 9.22. The normalized spacial score (nSPS) is 18.2. The first-order valence-corrected chi connectivity index (χ1v) is 12.6. The second-order valence-corrected chi connectivity index (χ2v) is 9.22. The van der Waals surface area contributed by atoms with E-state index < -0.39 is 0 Å². The number of aliphatic imine (C=N–C) groups is 4. The van der Waals surface area contributed by atoms with Crippen molar-refractivity contribution in [2.75, 3.05) is 18.4 Å². The SMILES string of the molecule is C=C1C=NCCC(C)CN=CN/C1=C(/N=C\C)Nc1ccc(Cc2ccc(C)c(N=CC)c2)c(C)c1F. The average Bonchev–Trinajstić information content (AvgIpc) is 2.91. The van der Waals surface area contributed by atoms with Crippen LogP contribution in [-0.2, 0) is 6.42 Å². The van der Waals surface area contributed by atoms with Crippen LogP contribution in [0.2, 0.25) is 0 Å². The van der Waals surface area contributed by atoms with E-state index in [1.54, 1.807) is 38.0 Å². The molecule has 0 fully saturated rings. The third-order valence-electron chi connectivity index (χ3n) is 6.22. The van der Waals surface area contributed by atoms with Crippen LogP contribution in [0.4, 0.5) is 15.8 Å². The maximum absolute atomic E-state index is 15.6. The number of benzene rings is 2. The molecule has 3 rings (SSSR count). The maximum Gasteiger partial charge on any atom is 0.154 e. The van der Waals surface area contributed by atoms with E-state index in [0.717, 1.165) is 28.8 Å². The Labute approximate surface area is 220 Å². The van der Waals surface area contributed by atoms with Gasteiger partial charge in [-0.15, -0.1) is 0 Å². The Morgan fingerprint density at radius 2 is 2.00 bits per heavy atom. The van der Waals surface area contributed by atoms with Gasteiger partial charge in [-0.05, 0) is 80.8 Å². The zero-order valence-electron chi connectivity index (χ0n) is 22.5. The summed E-state index contributed by atoms with van der Waals surface area (Å²) in [6, 6.07) is 9.87. The minimum absolute atomic E-state index is 0.320. The summed E-state index contributed by atoms with van der Waals surface area (Å²) in [6.07, 6.45) is 8.37. The van der Waals surface area contributed by atoms with Gasteiger partial charge in [0.15, 0.2) is 5.82 Å². The topological polar surface area (TPSA) is 73.5 Å². The molecule has 0 aliphatic carbocycles. The van der Waals surface area contributed by atoms with Gasteiger partial charge < -0.3 is 10.6 Å². The number of aryl methyl sites for hydroxylation is 1. The summed E-state index contributed by atoms with van der Waals surface area (Å²) in [5.74, 6) is 0.547. The molecule has 0 amide bonds. The first kappa shape index (κ1) is 27.7. The maximum atomic E-state index is 15.6. The molecule has 37 heavy (non-hydrogen) atoms. The molecular weight excluding hydrogens is 463 g/mol. The van der Waals surface area contributed by atoms with Gasteiger partial charge in [-0.25, -0.2) is 9.38 Å². The molecule has 1 aliphatic rings. The van der Waals surface area contributed by atoms with Gasteiger partial charge in [0.25, 0.3) is 0 Å². The fourth-order valence-corrected chi connectivity index (χ4v) is 3.97. The van der Waals surface area contributed by atoms with Crippen LogP contribution in [0.3, 0.4) is 0 Å². The van der Waals surface area contributed by atoms with E-state index in [9.17, 15) is 0 Å². The van der Waals surface area contributed by atoms with Crippen molar-refractivity contribution in [3.63, 3.8) is 0 Å². The molecule has 194 valence electrons. The number of nitrogens with one attached hydrogen (secondary N) is 2. The van der Waals surface area contributed by atoms with Crippen molar-refractivity contribution in [3.05, 3.63) is 82.1 Å². The van der Waals surface area contributed by atoms with Gasteiger partial charge in [0.1, 0.15) is 5.82 Å². The Bertz CT molecular complexity index is 1270. The molecule has 0 spiro atoms. The highest BCUT2D eigenvalue weighted by Gasteiger charge is 2.15. The van der Waals surface area contributed by atoms with Crippen LogP contribution in [0.15, 0.2) is 74.0 Å². The average molecular weight is 501 g/mol. The van der Waals surface area contributed by atoms with Gasteiger partial charge in [0.2, 0.25) is 0 Å². The summed E-state index contributed by atoms with van der Waals surface area (Å²) in [5.41, 5.74) is 6.18. The Kier molecular flexibility index (Phi) is 10.1. The van der Waals surface area contributed by atoms with Crippen LogP contribution in [0.25, 0.3) is 0 Å². The van der Waals surface area contributed by atoms with Crippen molar-refractivity contribution in [2.45, 2.75) is 47.5 Å². The molecule has 2 aromatic rings. The lowest BCUT2D eigenvalue weighted by atomic mass is 9.98. The summed E-state index contributed by atoms with van der Waals surface area (Å²) in [4.78, 5) is 17.9. The molecule has 1 aliphatic heterocycles. The fraction of sp³-hybridized carbons (Fsp3) is 0.333. The van der Waals surface area contributed by atoms with Gasteiger partial charge in [-0.1, -0.05) is 31.7 Å². The zero-order chi connectivity index (χ0) is 26.8. The molecule has 6 nitrogen and oxygen atoms in total. The van der Waals surface area contributed by atoms with Crippen LogP contribution in [0.5, 0.6) is 0 Å². The van der Waals surface area contributed by atoms with E-state index >= 15 is 4.39 Å². The fourth-order valence-electron chi connectivity index (χ4n) is 3.97. The third kappa shape index (κ3) is 7.56. The van der Waals surface area contributed by atoms with E-state index in [1.807, 2.05) is 26.8 Å². The highest BCUT2D eigenvalue weighted by atomic mass is 19.1. The Hall–Kier alpha value is -3.87. The Balaban J connectivity index is 1.93. The lowest BCUT2D eigenvalue weighted by Gasteiger charge is -2.17. The van der Waals surface area contributed by atoms with E-state index in [1.165, 1.54) is 0 Å². The van der Waals surface area contributed by atoms with Crippen molar-refractivity contribution in [3.8, 4) is 0 Å². The summed E-state index contributed by atoms with van der Waals surface area (Å²) in [5, 5.41) is 6.34. The van der Waals surface area contributed by atoms with E-state index in [0.29, 0.717) is 53.8 Å². The Morgan fingerprint density at radius 1 is 1.19 bits per heavy atom. The zero-order valence-corrected chi connectivity index (χ0v) is 22.5. The molecule has 0 bridgehead atoms. The molecule has 0 radical (unpaired) electrons. The first-order chi connectivity index (χ1) is 17.8. The number of rotatable bonds is 6. The molecule has 1 atom stereocenters. The van der Waals surface area contributed by atoms with Crippen molar-refractivity contribution >= 4 is 36.4 Å². The van der Waals surface area contributed by atoms with Gasteiger partial charge in [-0.2, -0.15) is 0 Å². The van der Waals surface area contributed by atoms with Crippen LogP contribution in [0.1, 0.15) is 49.4 Å². The summed E-state index contributed by atoms with van der Waals surface area (Å²) in [7, 11) is 0. The van der Waals surface area contributed by atoms with Crippen LogP contribution in [-0.4, -0.2) is 38.1 Å². The number of allylic oxidation sites excluding steroid dienone is 1. The Morgan fingerprint density at radius 3 is 2.76 bits per heavy atom. The summed E-state index contributed by atoms with van der Waals surface area (Å²) in [6.45, 7) is 15.2. The standard InChI is InChI=1S/C30H37FN6/c1-7-34-27-16-24(10-9-21(27)4)15-25-11-12-26(28(31)23(25)6)37-30(35-8-2)29-22(5)18-32-14-13-20(3)17-33-19-36-29/h7-12,16,18-20,37H,5,13-15,17H2,1-4,6H3,(H,33,36)/b30-29-,32-18?,34-7?,35-8-. The van der Waals surface area contributed by atoms with Crippen LogP contribution < -0.4 is 10.6 Å². The minimum atomic E-state index is -0.320. The highest BCUT2D eigenvalue weighted by molar-refractivity contribution is 5.86. The number of hydrogen-bond acceptors (Lipinski definition) is 6. The molecule has 0 saturated carbocycles. The second kappa shape index (κ2) is 13.4. The number of anilines is 1. The van der Waals surface area contributed by atoms with Crippen molar-refractivity contribution in [2.24, 2.45) is 25.9 Å². The largest absolute Gasteiger partial charge is 0.343 e. The van der Waals surface area contributed by atoms with Gasteiger partial charge in [0, 0.05) is 37.3 Å². The predicted octanol–water partition coefficient (Wildman–Crippen LogP) is 6.71. The summed E-state index contributed by atoms with van der Waals surface area (Å²) < 4.78 is 15.6. The van der Waals surface area contributed by atoms with Crippen molar-refractivity contribution in [1.82, 2.24) is 5.32 Å². The third-order valence-corrected chi connectivity index (χ3v) is 6.22. The smallest absolute Gasteiger partial charge is 0.154 e. The number of hydrogen-bond donors (Lipinski definition) is 2. The highest BCUT2D eigenvalue weighted by Crippen LogP contribution is 2.27. The van der Waals surface area contributed by atoms with E-state index in [2.05, 4.69) is 62.3 Å². The number of halogens is 1. The molecule has 2 aromatic carbocycles. The molecule has 7 heteroatoms. The van der Waals surface area contributed by atoms with Crippen molar-refractivity contribution in [1.29, 1.82) is 0 Å². The predicted molar refractivity (Wildman–Crippen MR) is 157 cm³/mol. The molecule has 2 N–H and O–H groups in total. The van der Waals surface area contributed by atoms with Gasteiger partial charge in [-0.3, -0.25) is 15.0 Å². The molecular formula is C30H37FN6. The number of nitrogens with zero attached hydrogens (tertiary/aromatic N) is 4. The van der Waals surface area contributed by atoms with Crippen molar-refractivity contribution < 1.29 is 4.39 Å². The molecule has 0 aromatic heterocycles. The molecule has 0 saturated heterocycles. The van der Waals surface area contributed by atoms with E-state index in [-0.39, 0.29) is 5.82 Å².